The Morgan fingerprint density at radius 2 is 0.520 bits per heavy atom. The van der Waals surface area contributed by atoms with Gasteiger partial charge in [-0.05, 0) is 51.4 Å². The van der Waals surface area contributed by atoms with Crippen molar-refractivity contribution < 1.29 is 28.6 Å². The van der Waals surface area contributed by atoms with Gasteiger partial charge in [-0.25, -0.2) is 0 Å². The predicted octanol–water partition coefficient (Wildman–Crippen LogP) is 22.8. The van der Waals surface area contributed by atoms with Crippen molar-refractivity contribution in [2.45, 2.75) is 374 Å². The highest BCUT2D eigenvalue weighted by Crippen LogP contribution is 2.18. The highest BCUT2D eigenvalue weighted by molar-refractivity contribution is 5.71. The Balaban J connectivity index is 4.08. The Morgan fingerprint density at radius 1 is 0.280 bits per heavy atom. The summed E-state index contributed by atoms with van der Waals surface area (Å²) in [7, 11) is 0. The molecule has 0 N–H and O–H groups in total. The maximum atomic E-state index is 12.9. The maximum Gasteiger partial charge on any atom is 0.306 e. The molecule has 0 aromatic heterocycles. The smallest absolute Gasteiger partial charge is 0.306 e. The molecule has 0 aromatic rings. The van der Waals surface area contributed by atoms with Crippen molar-refractivity contribution in [1.82, 2.24) is 0 Å². The quantitative estimate of drug-likeness (QED) is 0.0261. The number of hydrogen-bond donors (Lipinski definition) is 0. The largest absolute Gasteiger partial charge is 0.462 e. The standard InChI is InChI=1S/C69H128O6/c1-4-7-10-13-16-19-22-24-26-28-29-30-31-32-33-34-35-36-37-38-39-40-42-43-45-47-50-53-56-59-62-68(71)74-65-66(64-73-67(70)61-58-55-52-49-21-18-15-12-9-6-3)75-69(72)63-60-57-54-51-48-46-44-41-27-25-23-20-17-14-11-8-5-2/h8,11,17,20,25,27,66H,4-7,9-10,12-16,18-19,21-24,26,28-65H2,1-3H3/b11-8-,20-17-,27-25-. The zero-order chi connectivity index (χ0) is 54.3. The van der Waals surface area contributed by atoms with Gasteiger partial charge in [0.15, 0.2) is 6.10 Å². The van der Waals surface area contributed by atoms with Gasteiger partial charge in [0.2, 0.25) is 0 Å². The van der Waals surface area contributed by atoms with E-state index in [9.17, 15) is 14.4 Å². The van der Waals surface area contributed by atoms with Crippen LogP contribution in [0.1, 0.15) is 367 Å². The molecule has 0 radical (unpaired) electrons. The van der Waals surface area contributed by atoms with Crippen molar-refractivity contribution in [3.63, 3.8) is 0 Å². The number of hydrogen-bond acceptors (Lipinski definition) is 6. The van der Waals surface area contributed by atoms with Crippen LogP contribution in [0, 0.1) is 0 Å². The third-order valence-electron chi connectivity index (χ3n) is 15.2. The SMILES string of the molecule is CC/C=C\C/C=C\C/C=C\CCCCCCCCCC(=O)OC(COC(=O)CCCCCCCCCCCC)COC(=O)CCCCCCCCCCCCCCCCCCCCCCCCCCCCCCCC. The first-order valence-corrected chi connectivity index (χ1v) is 33.5. The second kappa shape index (κ2) is 64.2. The molecule has 0 spiro atoms. The van der Waals surface area contributed by atoms with Gasteiger partial charge in [-0.15, -0.1) is 0 Å². The molecular formula is C69H128O6. The summed E-state index contributed by atoms with van der Waals surface area (Å²) in [5.74, 6) is -0.860. The summed E-state index contributed by atoms with van der Waals surface area (Å²) in [6, 6.07) is 0. The highest BCUT2D eigenvalue weighted by atomic mass is 16.6. The van der Waals surface area contributed by atoms with E-state index in [4.69, 9.17) is 14.2 Å². The fraction of sp³-hybridized carbons (Fsp3) is 0.870. The lowest BCUT2D eigenvalue weighted by Crippen LogP contribution is -2.30. The van der Waals surface area contributed by atoms with Crippen molar-refractivity contribution in [2.75, 3.05) is 13.2 Å². The Bertz CT molecular complexity index is 1250. The molecule has 0 aliphatic rings. The minimum Gasteiger partial charge on any atom is -0.462 e. The average Bonchev–Trinajstić information content (AvgIpc) is 3.41. The van der Waals surface area contributed by atoms with Crippen LogP contribution in [0.15, 0.2) is 36.5 Å². The Hall–Kier alpha value is -2.37. The molecule has 0 saturated carbocycles. The lowest BCUT2D eigenvalue weighted by atomic mass is 10.0. The normalized spacial score (nSPS) is 12.2. The molecule has 0 saturated heterocycles. The van der Waals surface area contributed by atoms with Crippen LogP contribution < -0.4 is 0 Å². The van der Waals surface area contributed by atoms with Gasteiger partial charge in [-0.3, -0.25) is 14.4 Å². The average molecular weight is 1050 g/mol. The first-order chi connectivity index (χ1) is 37.0. The second-order valence-corrected chi connectivity index (χ2v) is 22.7. The summed E-state index contributed by atoms with van der Waals surface area (Å²) in [6.07, 6.45) is 79.0. The molecule has 0 rings (SSSR count). The van der Waals surface area contributed by atoms with E-state index in [0.29, 0.717) is 19.3 Å². The van der Waals surface area contributed by atoms with Crippen LogP contribution in [-0.4, -0.2) is 37.2 Å². The van der Waals surface area contributed by atoms with E-state index >= 15 is 0 Å². The first kappa shape index (κ1) is 72.6. The van der Waals surface area contributed by atoms with Gasteiger partial charge in [0.05, 0.1) is 0 Å². The first-order valence-electron chi connectivity index (χ1n) is 33.5. The van der Waals surface area contributed by atoms with Gasteiger partial charge in [0.1, 0.15) is 13.2 Å². The van der Waals surface area contributed by atoms with E-state index in [2.05, 4.69) is 57.2 Å². The van der Waals surface area contributed by atoms with Crippen LogP contribution in [-0.2, 0) is 28.6 Å². The fourth-order valence-electron chi connectivity index (χ4n) is 10.2. The fourth-order valence-corrected chi connectivity index (χ4v) is 10.2. The number of unbranched alkanes of at least 4 members (excludes halogenated alkanes) is 45. The Labute approximate surface area is 467 Å². The third kappa shape index (κ3) is 62.4. The molecule has 0 aliphatic heterocycles. The van der Waals surface area contributed by atoms with Crippen LogP contribution in [0.5, 0.6) is 0 Å². The predicted molar refractivity (Wildman–Crippen MR) is 326 cm³/mol. The van der Waals surface area contributed by atoms with Crippen LogP contribution in [0.2, 0.25) is 0 Å². The Kier molecular flexibility index (Phi) is 62.1. The highest BCUT2D eigenvalue weighted by Gasteiger charge is 2.19. The maximum absolute atomic E-state index is 12.9. The number of carbonyl (C=O) groups is 3. The summed E-state index contributed by atoms with van der Waals surface area (Å²) < 4.78 is 16.9. The molecule has 6 heteroatoms. The summed E-state index contributed by atoms with van der Waals surface area (Å²) in [5, 5.41) is 0. The molecule has 0 fully saturated rings. The van der Waals surface area contributed by atoms with Gasteiger partial charge in [-0.1, -0.05) is 333 Å². The molecule has 1 unspecified atom stereocenters. The van der Waals surface area contributed by atoms with Crippen LogP contribution in [0.25, 0.3) is 0 Å². The van der Waals surface area contributed by atoms with Crippen molar-refractivity contribution in [2.24, 2.45) is 0 Å². The molecular weight excluding hydrogens is 925 g/mol. The summed E-state index contributed by atoms with van der Waals surface area (Å²) >= 11 is 0. The van der Waals surface area contributed by atoms with Crippen molar-refractivity contribution in [1.29, 1.82) is 0 Å². The molecule has 440 valence electrons. The van der Waals surface area contributed by atoms with E-state index in [0.717, 1.165) is 83.5 Å². The van der Waals surface area contributed by atoms with E-state index in [-0.39, 0.29) is 31.1 Å². The molecule has 1 atom stereocenters. The van der Waals surface area contributed by atoms with E-state index in [1.807, 2.05) is 0 Å². The molecule has 75 heavy (non-hydrogen) atoms. The number of allylic oxidation sites excluding steroid dienone is 6. The number of carbonyl (C=O) groups excluding carboxylic acids is 3. The summed E-state index contributed by atoms with van der Waals surface area (Å²) in [4.78, 5) is 38.2. The Morgan fingerprint density at radius 3 is 0.813 bits per heavy atom. The van der Waals surface area contributed by atoms with Crippen molar-refractivity contribution >= 4 is 17.9 Å². The van der Waals surface area contributed by atoms with Gasteiger partial charge in [-0.2, -0.15) is 0 Å². The van der Waals surface area contributed by atoms with Crippen molar-refractivity contribution in [3.05, 3.63) is 36.5 Å². The zero-order valence-corrected chi connectivity index (χ0v) is 50.6. The molecule has 6 nitrogen and oxygen atoms in total. The van der Waals surface area contributed by atoms with Crippen LogP contribution in [0.4, 0.5) is 0 Å². The summed E-state index contributed by atoms with van der Waals surface area (Å²) in [5.41, 5.74) is 0. The lowest BCUT2D eigenvalue weighted by molar-refractivity contribution is -0.167. The third-order valence-corrected chi connectivity index (χ3v) is 15.2. The van der Waals surface area contributed by atoms with Crippen LogP contribution in [0.3, 0.4) is 0 Å². The molecule has 0 bridgehead atoms. The van der Waals surface area contributed by atoms with Gasteiger partial charge in [0.25, 0.3) is 0 Å². The minimum absolute atomic E-state index is 0.0712. The van der Waals surface area contributed by atoms with Gasteiger partial charge >= 0.3 is 17.9 Å². The van der Waals surface area contributed by atoms with E-state index < -0.39 is 6.10 Å². The topological polar surface area (TPSA) is 78.9 Å². The number of ether oxygens (including phenoxy) is 3. The monoisotopic (exact) mass is 1050 g/mol. The van der Waals surface area contributed by atoms with E-state index in [1.165, 1.54) is 244 Å². The van der Waals surface area contributed by atoms with Crippen LogP contribution >= 0.6 is 0 Å². The van der Waals surface area contributed by atoms with Crippen molar-refractivity contribution in [3.8, 4) is 0 Å². The molecule has 0 aromatic carbocycles. The summed E-state index contributed by atoms with van der Waals surface area (Å²) in [6.45, 7) is 6.57. The number of rotatable bonds is 62. The number of esters is 3. The zero-order valence-electron chi connectivity index (χ0n) is 50.6. The molecule has 0 aliphatic carbocycles. The molecule has 0 heterocycles. The minimum atomic E-state index is -0.774. The second-order valence-electron chi connectivity index (χ2n) is 22.7. The van der Waals surface area contributed by atoms with Gasteiger partial charge in [0, 0.05) is 19.3 Å². The van der Waals surface area contributed by atoms with E-state index in [1.54, 1.807) is 0 Å². The lowest BCUT2D eigenvalue weighted by Gasteiger charge is -2.18. The molecule has 0 amide bonds. The van der Waals surface area contributed by atoms with Gasteiger partial charge < -0.3 is 14.2 Å².